The first kappa shape index (κ1) is 16.1. The van der Waals surface area contributed by atoms with Gasteiger partial charge < -0.3 is 5.32 Å². The lowest BCUT2D eigenvalue weighted by Gasteiger charge is -2.15. The summed E-state index contributed by atoms with van der Waals surface area (Å²) in [6.07, 6.45) is 0.793. The molecule has 1 saturated carbocycles. The maximum atomic E-state index is 13.8. The summed E-state index contributed by atoms with van der Waals surface area (Å²) in [5.41, 5.74) is 1.42. The molecule has 1 aliphatic carbocycles. The molecule has 0 saturated heterocycles. The van der Waals surface area contributed by atoms with Crippen LogP contribution in [0.3, 0.4) is 0 Å². The zero-order valence-corrected chi connectivity index (χ0v) is 14.1. The van der Waals surface area contributed by atoms with E-state index in [2.05, 4.69) is 21.2 Å². The molecule has 2 nitrogen and oxygen atoms in total. The number of carbonyl (C=O) groups excluding carboxylic acids is 1. The largest absolute Gasteiger partial charge is 0.349 e. The van der Waals surface area contributed by atoms with Crippen molar-refractivity contribution in [1.29, 1.82) is 0 Å². The third-order valence-electron chi connectivity index (χ3n) is 4.19. The van der Waals surface area contributed by atoms with E-state index in [1.807, 2.05) is 24.3 Å². The molecule has 0 heterocycles. The number of halogens is 3. The number of rotatable bonds is 4. The summed E-state index contributed by atoms with van der Waals surface area (Å²) >= 11 is 3.43. The molecule has 3 rings (SSSR count). The van der Waals surface area contributed by atoms with Crippen molar-refractivity contribution in [3.05, 3.63) is 69.7 Å². The highest BCUT2D eigenvalue weighted by molar-refractivity contribution is 9.10. The maximum absolute atomic E-state index is 13.8. The molecule has 1 aliphatic rings. The van der Waals surface area contributed by atoms with Gasteiger partial charge in [-0.05, 0) is 43.0 Å². The number of carbonyl (C=O) groups is 1. The van der Waals surface area contributed by atoms with Gasteiger partial charge in [-0.25, -0.2) is 8.78 Å². The predicted octanol–water partition coefficient (Wildman–Crippen LogP) is 4.71. The van der Waals surface area contributed by atoms with Gasteiger partial charge in [0.2, 0.25) is 5.91 Å². The minimum atomic E-state index is -0.642. The van der Waals surface area contributed by atoms with Crippen LogP contribution in [0.1, 0.15) is 36.4 Å². The molecule has 23 heavy (non-hydrogen) atoms. The van der Waals surface area contributed by atoms with Gasteiger partial charge in [0, 0.05) is 22.0 Å². The van der Waals surface area contributed by atoms with Crippen molar-refractivity contribution in [3.63, 3.8) is 0 Å². The van der Waals surface area contributed by atoms with Crippen molar-refractivity contribution < 1.29 is 13.6 Å². The zero-order chi connectivity index (χ0) is 16.6. The van der Waals surface area contributed by atoms with E-state index in [1.54, 1.807) is 6.92 Å². The summed E-state index contributed by atoms with van der Waals surface area (Å²) in [5.74, 6) is -1.24. The molecule has 0 aliphatic heterocycles. The van der Waals surface area contributed by atoms with Gasteiger partial charge >= 0.3 is 0 Å². The molecule has 1 fully saturated rings. The quantitative estimate of drug-likeness (QED) is 0.818. The maximum Gasteiger partial charge on any atom is 0.224 e. The van der Waals surface area contributed by atoms with Gasteiger partial charge in [-0.15, -0.1) is 0 Å². The van der Waals surface area contributed by atoms with Crippen LogP contribution in [0.5, 0.6) is 0 Å². The Kier molecular flexibility index (Phi) is 4.48. The SMILES string of the molecule is CC(NC(=O)C1CC1c1cccc(Br)c1)c1ccc(F)cc1F. The molecule has 3 unspecified atom stereocenters. The van der Waals surface area contributed by atoms with Gasteiger partial charge in [0.15, 0.2) is 0 Å². The number of nitrogens with one attached hydrogen (secondary N) is 1. The van der Waals surface area contributed by atoms with Gasteiger partial charge in [0.05, 0.1) is 6.04 Å². The Hall–Kier alpha value is -1.75. The van der Waals surface area contributed by atoms with Crippen LogP contribution in [-0.2, 0) is 4.79 Å². The first-order valence-corrected chi connectivity index (χ1v) is 8.26. The summed E-state index contributed by atoms with van der Waals surface area (Å²) in [6.45, 7) is 1.70. The van der Waals surface area contributed by atoms with E-state index in [0.717, 1.165) is 22.5 Å². The second-order valence-electron chi connectivity index (χ2n) is 5.90. The first-order chi connectivity index (χ1) is 11.0. The highest BCUT2D eigenvalue weighted by Gasteiger charge is 2.44. The van der Waals surface area contributed by atoms with Crippen LogP contribution in [0.25, 0.3) is 0 Å². The van der Waals surface area contributed by atoms with E-state index in [9.17, 15) is 13.6 Å². The fraction of sp³-hybridized carbons (Fsp3) is 0.278. The number of hydrogen-bond donors (Lipinski definition) is 1. The van der Waals surface area contributed by atoms with Crippen LogP contribution in [0, 0.1) is 17.6 Å². The third-order valence-corrected chi connectivity index (χ3v) is 4.69. The minimum absolute atomic E-state index is 0.0877. The first-order valence-electron chi connectivity index (χ1n) is 7.46. The Balaban J connectivity index is 1.64. The Morgan fingerprint density at radius 3 is 2.74 bits per heavy atom. The van der Waals surface area contributed by atoms with Crippen LogP contribution in [-0.4, -0.2) is 5.91 Å². The van der Waals surface area contributed by atoms with Crippen molar-refractivity contribution in [2.24, 2.45) is 5.92 Å². The summed E-state index contributed by atoms with van der Waals surface area (Å²) < 4.78 is 27.7. The standard InChI is InChI=1S/C18H16BrF2NO/c1-10(14-6-5-13(20)8-17(14)21)22-18(23)16-9-15(16)11-3-2-4-12(19)7-11/h2-8,10,15-16H,9H2,1H3,(H,22,23). The summed E-state index contributed by atoms with van der Waals surface area (Å²) in [4.78, 5) is 12.3. The molecule has 5 heteroatoms. The Labute approximate surface area is 142 Å². The molecular formula is C18H16BrF2NO. The summed E-state index contributed by atoms with van der Waals surface area (Å²) in [5, 5.41) is 2.82. The van der Waals surface area contributed by atoms with Crippen molar-refractivity contribution in [3.8, 4) is 0 Å². The molecule has 1 amide bonds. The van der Waals surface area contributed by atoms with Crippen molar-refractivity contribution in [1.82, 2.24) is 5.32 Å². The van der Waals surface area contributed by atoms with Crippen LogP contribution in [0.4, 0.5) is 8.78 Å². The van der Waals surface area contributed by atoms with Gasteiger partial charge in [0.1, 0.15) is 11.6 Å². The van der Waals surface area contributed by atoms with Crippen LogP contribution in [0.2, 0.25) is 0 Å². The molecule has 0 bridgehead atoms. The minimum Gasteiger partial charge on any atom is -0.349 e. The zero-order valence-electron chi connectivity index (χ0n) is 12.5. The van der Waals surface area contributed by atoms with E-state index in [1.165, 1.54) is 12.1 Å². The summed E-state index contributed by atoms with van der Waals surface area (Å²) in [7, 11) is 0. The number of amides is 1. The molecule has 0 aromatic heterocycles. The smallest absolute Gasteiger partial charge is 0.224 e. The predicted molar refractivity (Wildman–Crippen MR) is 87.9 cm³/mol. The van der Waals surface area contributed by atoms with Crippen molar-refractivity contribution in [2.75, 3.05) is 0 Å². The van der Waals surface area contributed by atoms with Crippen LogP contribution in [0.15, 0.2) is 46.9 Å². The van der Waals surface area contributed by atoms with Gasteiger partial charge in [-0.3, -0.25) is 4.79 Å². The molecule has 2 aromatic carbocycles. The van der Waals surface area contributed by atoms with Gasteiger partial charge in [-0.2, -0.15) is 0 Å². The van der Waals surface area contributed by atoms with Crippen molar-refractivity contribution in [2.45, 2.75) is 25.3 Å². The molecule has 1 N–H and O–H groups in total. The molecule has 2 aromatic rings. The third kappa shape index (κ3) is 3.61. The lowest BCUT2D eigenvalue weighted by atomic mass is 10.1. The summed E-state index contributed by atoms with van der Waals surface area (Å²) in [6, 6.07) is 10.8. The fourth-order valence-electron chi connectivity index (χ4n) is 2.84. The highest BCUT2D eigenvalue weighted by Crippen LogP contribution is 2.48. The Morgan fingerprint density at radius 1 is 1.26 bits per heavy atom. The van der Waals surface area contributed by atoms with E-state index in [-0.39, 0.29) is 17.7 Å². The van der Waals surface area contributed by atoms with Gasteiger partial charge in [0.25, 0.3) is 0 Å². The topological polar surface area (TPSA) is 29.1 Å². The number of benzene rings is 2. The second kappa shape index (κ2) is 6.40. The van der Waals surface area contributed by atoms with Crippen LogP contribution >= 0.6 is 15.9 Å². The molecule has 3 atom stereocenters. The molecule has 0 spiro atoms. The Morgan fingerprint density at radius 2 is 2.04 bits per heavy atom. The molecule has 0 radical (unpaired) electrons. The average molecular weight is 380 g/mol. The van der Waals surface area contributed by atoms with E-state index < -0.39 is 17.7 Å². The number of hydrogen-bond acceptors (Lipinski definition) is 1. The lowest BCUT2D eigenvalue weighted by Crippen LogP contribution is -2.29. The average Bonchev–Trinajstić information content (AvgIpc) is 3.27. The van der Waals surface area contributed by atoms with E-state index in [4.69, 9.17) is 0 Å². The van der Waals surface area contributed by atoms with Gasteiger partial charge in [-0.1, -0.05) is 34.1 Å². The molecule has 120 valence electrons. The monoisotopic (exact) mass is 379 g/mol. The normalized spacial score (nSPS) is 20.9. The van der Waals surface area contributed by atoms with Crippen molar-refractivity contribution >= 4 is 21.8 Å². The molecular weight excluding hydrogens is 364 g/mol. The fourth-order valence-corrected chi connectivity index (χ4v) is 3.26. The van der Waals surface area contributed by atoms with E-state index >= 15 is 0 Å². The Bertz CT molecular complexity index is 750. The highest BCUT2D eigenvalue weighted by atomic mass is 79.9. The lowest BCUT2D eigenvalue weighted by molar-refractivity contribution is -0.123. The van der Waals surface area contributed by atoms with Crippen LogP contribution < -0.4 is 5.32 Å². The van der Waals surface area contributed by atoms with E-state index in [0.29, 0.717) is 5.56 Å². The second-order valence-corrected chi connectivity index (χ2v) is 6.82.